The topological polar surface area (TPSA) is 106 Å². The quantitative estimate of drug-likeness (QED) is 0.428. The van der Waals surface area contributed by atoms with Crippen molar-refractivity contribution in [1.82, 2.24) is 20.1 Å². The average Bonchev–Trinajstić information content (AvgIpc) is 3.58. The minimum Gasteiger partial charge on any atom is -0.496 e. The van der Waals surface area contributed by atoms with Crippen molar-refractivity contribution in [2.45, 2.75) is 17.9 Å². The zero-order chi connectivity index (χ0) is 24.4. The minimum atomic E-state index is -3.84. The number of amides is 1. The SMILES string of the molecule is COc1ccc(S(=O)(=O)N2CCc3ccccc32)cc1C(=O)NCc1ccc(-n2cncn2)cc1. The Balaban J connectivity index is 1.35. The van der Waals surface area contributed by atoms with E-state index in [0.717, 1.165) is 16.8 Å². The van der Waals surface area contributed by atoms with Crippen LogP contribution in [0.4, 0.5) is 5.69 Å². The molecule has 0 fully saturated rings. The van der Waals surface area contributed by atoms with E-state index >= 15 is 0 Å². The second-order valence-corrected chi connectivity index (χ2v) is 9.87. The van der Waals surface area contributed by atoms with Crippen LogP contribution in [0.25, 0.3) is 5.69 Å². The van der Waals surface area contributed by atoms with Crippen LogP contribution in [0, 0.1) is 0 Å². The summed E-state index contributed by atoms with van der Waals surface area (Å²) in [6.07, 6.45) is 3.71. The number of aromatic nitrogens is 3. The number of benzene rings is 3. The van der Waals surface area contributed by atoms with Gasteiger partial charge < -0.3 is 10.1 Å². The Bertz CT molecular complexity index is 1470. The molecule has 1 amide bonds. The van der Waals surface area contributed by atoms with Crippen molar-refractivity contribution in [3.8, 4) is 11.4 Å². The van der Waals surface area contributed by atoms with Crippen LogP contribution in [-0.4, -0.2) is 42.7 Å². The Labute approximate surface area is 203 Å². The summed E-state index contributed by atoms with van der Waals surface area (Å²) in [4.78, 5) is 17.0. The highest BCUT2D eigenvalue weighted by atomic mass is 32.2. The summed E-state index contributed by atoms with van der Waals surface area (Å²) in [5.41, 5.74) is 3.53. The van der Waals surface area contributed by atoms with Crippen LogP contribution in [0.1, 0.15) is 21.5 Å². The van der Waals surface area contributed by atoms with Gasteiger partial charge in [0.2, 0.25) is 0 Å². The fourth-order valence-electron chi connectivity index (χ4n) is 4.10. The van der Waals surface area contributed by atoms with Gasteiger partial charge in [-0.2, -0.15) is 5.10 Å². The Morgan fingerprint density at radius 1 is 1.09 bits per heavy atom. The second kappa shape index (κ2) is 9.22. The molecule has 5 rings (SSSR count). The van der Waals surface area contributed by atoms with Gasteiger partial charge in [0.25, 0.3) is 15.9 Å². The lowest BCUT2D eigenvalue weighted by Gasteiger charge is -2.20. The molecule has 0 spiro atoms. The molecular weight excluding hydrogens is 466 g/mol. The summed E-state index contributed by atoms with van der Waals surface area (Å²) in [6, 6.07) is 19.3. The summed E-state index contributed by atoms with van der Waals surface area (Å²) in [5.74, 6) is -0.133. The molecule has 0 saturated heterocycles. The number of methoxy groups -OCH3 is 1. The largest absolute Gasteiger partial charge is 0.496 e. The predicted molar refractivity (Wildman–Crippen MR) is 130 cm³/mol. The number of carbonyl (C=O) groups excluding carboxylic acids is 1. The molecule has 3 aromatic carbocycles. The minimum absolute atomic E-state index is 0.0392. The maximum Gasteiger partial charge on any atom is 0.264 e. The second-order valence-electron chi connectivity index (χ2n) is 8.01. The van der Waals surface area contributed by atoms with Crippen LogP contribution in [0.3, 0.4) is 0 Å². The van der Waals surface area contributed by atoms with Gasteiger partial charge in [0.1, 0.15) is 18.4 Å². The lowest BCUT2D eigenvalue weighted by molar-refractivity contribution is 0.0947. The molecular formula is C25H23N5O4S. The molecule has 1 N–H and O–H groups in total. The monoisotopic (exact) mass is 489 g/mol. The van der Waals surface area contributed by atoms with Crippen molar-refractivity contribution in [3.05, 3.63) is 96.1 Å². The molecule has 1 aliphatic rings. The summed E-state index contributed by atoms with van der Waals surface area (Å²) in [7, 11) is -2.40. The van der Waals surface area contributed by atoms with E-state index in [1.807, 2.05) is 42.5 Å². The highest BCUT2D eigenvalue weighted by Crippen LogP contribution is 2.34. The number of sulfonamides is 1. The number of hydrogen-bond acceptors (Lipinski definition) is 6. The van der Waals surface area contributed by atoms with Crippen molar-refractivity contribution < 1.29 is 17.9 Å². The van der Waals surface area contributed by atoms with E-state index in [2.05, 4.69) is 15.4 Å². The summed E-state index contributed by atoms with van der Waals surface area (Å²) >= 11 is 0. The molecule has 0 unspecified atom stereocenters. The first-order chi connectivity index (χ1) is 17.0. The van der Waals surface area contributed by atoms with E-state index in [1.165, 1.54) is 35.9 Å². The van der Waals surface area contributed by atoms with Gasteiger partial charge in [0, 0.05) is 13.1 Å². The van der Waals surface area contributed by atoms with E-state index in [1.54, 1.807) is 17.1 Å². The Morgan fingerprint density at radius 2 is 1.89 bits per heavy atom. The summed E-state index contributed by atoms with van der Waals surface area (Å²) in [5, 5.41) is 6.93. The first kappa shape index (κ1) is 22.6. The Kier molecular flexibility index (Phi) is 5.96. The first-order valence-electron chi connectivity index (χ1n) is 11.0. The van der Waals surface area contributed by atoms with Gasteiger partial charge in [0.05, 0.1) is 28.9 Å². The smallest absolute Gasteiger partial charge is 0.264 e. The zero-order valence-electron chi connectivity index (χ0n) is 19.0. The Hall–Kier alpha value is -4.18. The number of carbonyl (C=O) groups is 1. The molecule has 2 heterocycles. The standard InChI is InChI=1S/C25H23N5O4S/c1-34-24-11-10-21(35(32,33)30-13-12-19-4-2-3-5-23(19)30)14-22(24)25(31)27-15-18-6-8-20(9-7-18)29-17-26-16-28-29/h2-11,14,16-17H,12-13,15H2,1H3,(H,27,31). The van der Waals surface area contributed by atoms with Gasteiger partial charge in [-0.15, -0.1) is 0 Å². The zero-order valence-corrected chi connectivity index (χ0v) is 19.8. The average molecular weight is 490 g/mol. The maximum absolute atomic E-state index is 13.4. The molecule has 1 aromatic heterocycles. The molecule has 0 saturated carbocycles. The molecule has 4 aromatic rings. The first-order valence-corrected chi connectivity index (χ1v) is 12.4. The summed E-state index contributed by atoms with van der Waals surface area (Å²) < 4.78 is 35.2. The molecule has 0 bridgehead atoms. The van der Waals surface area contributed by atoms with Crippen LogP contribution < -0.4 is 14.4 Å². The van der Waals surface area contributed by atoms with Crippen molar-refractivity contribution >= 4 is 21.6 Å². The third kappa shape index (κ3) is 4.35. The normalized spacial score (nSPS) is 12.9. The van der Waals surface area contributed by atoms with Gasteiger partial charge in [-0.25, -0.2) is 18.1 Å². The number of ether oxygens (including phenoxy) is 1. The molecule has 0 radical (unpaired) electrons. The van der Waals surface area contributed by atoms with Gasteiger partial charge in [-0.05, 0) is 53.9 Å². The highest BCUT2D eigenvalue weighted by Gasteiger charge is 2.31. The van der Waals surface area contributed by atoms with Crippen molar-refractivity contribution in [1.29, 1.82) is 0 Å². The van der Waals surface area contributed by atoms with E-state index in [-0.39, 0.29) is 17.0 Å². The number of para-hydroxylation sites is 1. The number of rotatable bonds is 7. The van der Waals surface area contributed by atoms with Gasteiger partial charge >= 0.3 is 0 Å². The van der Waals surface area contributed by atoms with Crippen LogP contribution in [0.5, 0.6) is 5.75 Å². The molecule has 10 heteroatoms. The van der Waals surface area contributed by atoms with Gasteiger partial charge in [0.15, 0.2) is 0 Å². The van der Waals surface area contributed by atoms with Crippen LogP contribution in [0.15, 0.2) is 84.3 Å². The highest BCUT2D eigenvalue weighted by molar-refractivity contribution is 7.92. The molecule has 35 heavy (non-hydrogen) atoms. The van der Waals surface area contributed by atoms with Gasteiger partial charge in [-0.3, -0.25) is 9.10 Å². The lowest BCUT2D eigenvalue weighted by Crippen LogP contribution is -2.30. The van der Waals surface area contributed by atoms with Gasteiger partial charge in [-0.1, -0.05) is 30.3 Å². The number of anilines is 1. The third-order valence-corrected chi connectivity index (χ3v) is 7.73. The molecule has 0 atom stereocenters. The molecule has 1 aliphatic heterocycles. The van der Waals surface area contributed by atoms with Crippen molar-refractivity contribution in [2.75, 3.05) is 18.0 Å². The lowest BCUT2D eigenvalue weighted by atomic mass is 10.1. The van der Waals surface area contributed by atoms with E-state index < -0.39 is 15.9 Å². The van der Waals surface area contributed by atoms with E-state index in [4.69, 9.17) is 4.74 Å². The predicted octanol–water partition coefficient (Wildman–Crippen LogP) is 2.96. The van der Waals surface area contributed by atoms with E-state index in [0.29, 0.717) is 24.4 Å². The number of hydrogen-bond donors (Lipinski definition) is 1. The number of nitrogens with zero attached hydrogens (tertiary/aromatic N) is 4. The van der Waals surface area contributed by atoms with Crippen molar-refractivity contribution in [3.63, 3.8) is 0 Å². The third-order valence-electron chi connectivity index (χ3n) is 5.92. The maximum atomic E-state index is 13.4. The molecule has 178 valence electrons. The fourth-order valence-corrected chi connectivity index (χ4v) is 5.63. The van der Waals surface area contributed by atoms with Crippen LogP contribution >= 0.6 is 0 Å². The van der Waals surface area contributed by atoms with E-state index in [9.17, 15) is 13.2 Å². The fraction of sp³-hybridized carbons (Fsp3) is 0.160. The number of nitrogens with one attached hydrogen (secondary N) is 1. The molecule has 0 aliphatic carbocycles. The van der Waals surface area contributed by atoms with Crippen molar-refractivity contribution in [2.24, 2.45) is 0 Å². The van der Waals surface area contributed by atoms with Crippen LogP contribution in [-0.2, 0) is 23.0 Å². The van der Waals surface area contributed by atoms with Crippen LogP contribution in [0.2, 0.25) is 0 Å². The Morgan fingerprint density at radius 3 is 2.63 bits per heavy atom. The number of fused-ring (bicyclic) bond motifs is 1. The summed E-state index contributed by atoms with van der Waals surface area (Å²) in [6.45, 7) is 0.621. The molecule has 9 nitrogen and oxygen atoms in total.